The van der Waals surface area contributed by atoms with Crippen LogP contribution >= 0.6 is 0 Å². The van der Waals surface area contributed by atoms with Crippen molar-refractivity contribution in [3.63, 3.8) is 0 Å². The summed E-state index contributed by atoms with van der Waals surface area (Å²) in [5, 5.41) is 11.5. The predicted molar refractivity (Wildman–Crippen MR) is 61.8 cm³/mol. The minimum Gasteiger partial charge on any atom is -0.481 e. The number of hydrogen-bond acceptors (Lipinski definition) is 3. The molecule has 0 saturated heterocycles. The minimum atomic E-state index is -0.874. The molecule has 1 amide bonds. The highest BCUT2D eigenvalue weighted by atomic mass is 16.4. The van der Waals surface area contributed by atoms with Crippen molar-refractivity contribution in [2.24, 2.45) is 5.41 Å². The standard InChI is InChI=1S/C12H17NO4/c1-8-4-7-17-9(8)10(14)13-6-5-12(2,3)11(15)16/h4,7H,5-6H2,1-3H3,(H,13,14)(H,15,16). The lowest BCUT2D eigenvalue weighted by atomic mass is 9.90. The van der Waals surface area contributed by atoms with Crippen molar-refractivity contribution in [3.05, 3.63) is 23.7 Å². The summed E-state index contributed by atoms with van der Waals surface area (Å²) < 4.78 is 5.03. The zero-order valence-corrected chi connectivity index (χ0v) is 10.2. The van der Waals surface area contributed by atoms with Gasteiger partial charge in [-0.25, -0.2) is 0 Å². The van der Waals surface area contributed by atoms with Gasteiger partial charge in [-0.2, -0.15) is 0 Å². The highest BCUT2D eigenvalue weighted by molar-refractivity contribution is 5.92. The Morgan fingerprint density at radius 3 is 2.59 bits per heavy atom. The van der Waals surface area contributed by atoms with Gasteiger partial charge in [0.25, 0.3) is 5.91 Å². The van der Waals surface area contributed by atoms with Crippen molar-refractivity contribution in [1.29, 1.82) is 0 Å². The van der Waals surface area contributed by atoms with Crippen molar-refractivity contribution in [2.75, 3.05) is 6.54 Å². The van der Waals surface area contributed by atoms with Crippen LogP contribution in [0.4, 0.5) is 0 Å². The van der Waals surface area contributed by atoms with Crippen molar-refractivity contribution < 1.29 is 19.1 Å². The number of carboxylic acids is 1. The number of furan rings is 1. The molecule has 1 aromatic heterocycles. The Morgan fingerprint density at radius 2 is 2.12 bits per heavy atom. The van der Waals surface area contributed by atoms with E-state index in [1.165, 1.54) is 6.26 Å². The van der Waals surface area contributed by atoms with E-state index in [-0.39, 0.29) is 11.7 Å². The Hall–Kier alpha value is -1.78. The van der Waals surface area contributed by atoms with Gasteiger partial charge in [-0.05, 0) is 33.3 Å². The zero-order chi connectivity index (χ0) is 13.1. The van der Waals surface area contributed by atoms with E-state index in [4.69, 9.17) is 9.52 Å². The molecule has 0 unspecified atom stereocenters. The lowest BCUT2D eigenvalue weighted by Crippen LogP contribution is -2.32. The third-order valence-electron chi connectivity index (χ3n) is 2.68. The van der Waals surface area contributed by atoms with Crippen LogP contribution in [0.1, 0.15) is 36.4 Å². The molecule has 17 heavy (non-hydrogen) atoms. The molecular formula is C12H17NO4. The maximum Gasteiger partial charge on any atom is 0.309 e. The van der Waals surface area contributed by atoms with Crippen LogP contribution in [0.25, 0.3) is 0 Å². The van der Waals surface area contributed by atoms with E-state index in [0.29, 0.717) is 13.0 Å². The molecule has 0 aliphatic heterocycles. The largest absolute Gasteiger partial charge is 0.481 e. The molecule has 1 aromatic rings. The van der Waals surface area contributed by atoms with E-state index in [9.17, 15) is 9.59 Å². The molecule has 5 nitrogen and oxygen atoms in total. The van der Waals surface area contributed by atoms with E-state index in [2.05, 4.69) is 5.32 Å². The fourth-order valence-electron chi connectivity index (χ4n) is 1.28. The predicted octanol–water partition coefficient (Wildman–Crippen LogP) is 1.82. The Labute approximate surface area is 99.8 Å². The fraction of sp³-hybridized carbons (Fsp3) is 0.500. The van der Waals surface area contributed by atoms with E-state index in [1.807, 2.05) is 0 Å². The van der Waals surface area contributed by atoms with Crippen LogP contribution in [0.15, 0.2) is 16.7 Å². The molecule has 1 heterocycles. The summed E-state index contributed by atoms with van der Waals surface area (Å²) in [4.78, 5) is 22.5. The van der Waals surface area contributed by atoms with E-state index >= 15 is 0 Å². The number of aryl methyl sites for hydroxylation is 1. The average molecular weight is 239 g/mol. The summed E-state index contributed by atoms with van der Waals surface area (Å²) in [6, 6.07) is 1.70. The summed E-state index contributed by atoms with van der Waals surface area (Å²) in [6.07, 6.45) is 1.82. The van der Waals surface area contributed by atoms with Crippen LogP contribution in [-0.4, -0.2) is 23.5 Å². The third-order valence-corrected chi connectivity index (χ3v) is 2.68. The SMILES string of the molecule is Cc1ccoc1C(=O)NCCC(C)(C)C(=O)O. The highest BCUT2D eigenvalue weighted by Gasteiger charge is 2.26. The summed E-state index contributed by atoms with van der Waals surface area (Å²) >= 11 is 0. The number of rotatable bonds is 5. The summed E-state index contributed by atoms with van der Waals surface area (Å²) in [5.74, 6) is -0.909. The first-order valence-corrected chi connectivity index (χ1v) is 5.40. The van der Waals surface area contributed by atoms with Crippen molar-refractivity contribution in [2.45, 2.75) is 27.2 Å². The normalized spacial score (nSPS) is 11.2. The molecule has 0 spiro atoms. The molecule has 2 N–H and O–H groups in total. The first-order valence-electron chi connectivity index (χ1n) is 5.40. The summed E-state index contributed by atoms with van der Waals surface area (Å²) in [5.41, 5.74) is -0.0779. The summed E-state index contributed by atoms with van der Waals surface area (Å²) in [6.45, 7) is 5.33. The minimum absolute atomic E-state index is 0.276. The smallest absolute Gasteiger partial charge is 0.309 e. The second kappa shape index (κ2) is 5.03. The van der Waals surface area contributed by atoms with Crippen LogP contribution in [0, 0.1) is 12.3 Å². The van der Waals surface area contributed by atoms with Crippen LogP contribution in [0.2, 0.25) is 0 Å². The molecule has 94 valence electrons. The van der Waals surface area contributed by atoms with Crippen LogP contribution in [0.5, 0.6) is 0 Å². The summed E-state index contributed by atoms with van der Waals surface area (Å²) in [7, 11) is 0. The third kappa shape index (κ3) is 3.34. The Morgan fingerprint density at radius 1 is 1.47 bits per heavy atom. The number of aliphatic carboxylic acids is 1. The molecule has 0 aliphatic carbocycles. The quantitative estimate of drug-likeness (QED) is 0.821. The van der Waals surface area contributed by atoms with E-state index in [1.54, 1.807) is 26.8 Å². The Balaban J connectivity index is 2.46. The van der Waals surface area contributed by atoms with Gasteiger partial charge < -0.3 is 14.8 Å². The van der Waals surface area contributed by atoms with Gasteiger partial charge in [-0.3, -0.25) is 9.59 Å². The lowest BCUT2D eigenvalue weighted by Gasteiger charge is -2.18. The molecule has 0 atom stereocenters. The maximum absolute atomic E-state index is 11.6. The molecule has 0 fully saturated rings. The van der Waals surface area contributed by atoms with E-state index in [0.717, 1.165) is 5.56 Å². The molecule has 0 saturated carbocycles. The zero-order valence-electron chi connectivity index (χ0n) is 10.2. The molecule has 5 heteroatoms. The van der Waals surface area contributed by atoms with Crippen LogP contribution in [0.3, 0.4) is 0 Å². The number of carbonyl (C=O) groups is 2. The average Bonchev–Trinajstić information content (AvgIpc) is 2.63. The van der Waals surface area contributed by atoms with E-state index < -0.39 is 11.4 Å². The highest BCUT2D eigenvalue weighted by Crippen LogP contribution is 2.19. The van der Waals surface area contributed by atoms with Gasteiger partial charge in [0.2, 0.25) is 0 Å². The lowest BCUT2D eigenvalue weighted by molar-refractivity contribution is -0.147. The number of hydrogen-bond donors (Lipinski definition) is 2. The molecule has 0 bridgehead atoms. The van der Waals surface area contributed by atoms with Gasteiger partial charge >= 0.3 is 5.97 Å². The van der Waals surface area contributed by atoms with Gasteiger partial charge in [-0.15, -0.1) is 0 Å². The van der Waals surface area contributed by atoms with Gasteiger partial charge in [0.1, 0.15) is 0 Å². The molecular weight excluding hydrogens is 222 g/mol. The monoisotopic (exact) mass is 239 g/mol. The van der Waals surface area contributed by atoms with Crippen molar-refractivity contribution >= 4 is 11.9 Å². The van der Waals surface area contributed by atoms with Crippen LogP contribution in [-0.2, 0) is 4.79 Å². The number of carbonyl (C=O) groups excluding carboxylic acids is 1. The molecule has 0 aromatic carbocycles. The Bertz CT molecular complexity index is 420. The van der Waals surface area contributed by atoms with Gasteiger partial charge in [0, 0.05) is 12.1 Å². The fourth-order valence-corrected chi connectivity index (χ4v) is 1.28. The van der Waals surface area contributed by atoms with Gasteiger partial charge in [0.05, 0.1) is 11.7 Å². The van der Waals surface area contributed by atoms with Crippen LogP contribution < -0.4 is 5.32 Å². The first kappa shape index (κ1) is 13.3. The topological polar surface area (TPSA) is 79.5 Å². The van der Waals surface area contributed by atoms with Crippen molar-refractivity contribution in [1.82, 2.24) is 5.32 Å². The first-order chi connectivity index (χ1) is 7.84. The van der Waals surface area contributed by atoms with Crippen molar-refractivity contribution in [3.8, 4) is 0 Å². The number of amides is 1. The number of carboxylic acid groups (broad SMARTS) is 1. The second-order valence-corrected chi connectivity index (χ2v) is 4.63. The molecule has 0 radical (unpaired) electrons. The maximum atomic E-state index is 11.6. The Kier molecular flexibility index (Phi) is 3.93. The second-order valence-electron chi connectivity index (χ2n) is 4.63. The molecule has 0 aliphatic rings. The van der Waals surface area contributed by atoms with Gasteiger partial charge in [-0.1, -0.05) is 0 Å². The van der Waals surface area contributed by atoms with Gasteiger partial charge in [0.15, 0.2) is 5.76 Å². The number of nitrogens with one attached hydrogen (secondary N) is 1. The molecule has 1 rings (SSSR count).